The lowest BCUT2D eigenvalue weighted by atomic mass is 10.0. The Morgan fingerprint density at radius 2 is 1.83 bits per heavy atom. The van der Waals surface area contributed by atoms with Crippen molar-refractivity contribution in [3.05, 3.63) is 65.2 Å². The Morgan fingerprint density at radius 1 is 1.14 bits per heavy atom. The molecule has 0 bridgehead atoms. The first-order chi connectivity index (χ1) is 13.9. The second-order valence-corrected chi connectivity index (χ2v) is 8.97. The lowest BCUT2D eigenvalue weighted by Gasteiger charge is -2.31. The summed E-state index contributed by atoms with van der Waals surface area (Å²) in [7, 11) is -2.27. The first-order valence-electron chi connectivity index (χ1n) is 9.60. The minimum atomic E-state index is -3.61. The van der Waals surface area contributed by atoms with Crippen LogP contribution in [0.3, 0.4) is 0 Å². The summed E-state index contributed by atoms with van der Waals surface area (Å²) in [4.78, 5) is 15.3. The SMILES string of the molecule is CNS(=O)(=O)c1cccc(C(=O)NC(CN2CCOCC2)c2ccc(C)cc2)c1. The highest BCUT2D eigenvalue weighted by Gasteiger charge is 2.22. The third-order valence-corrected chi connectivity index (χ3v) is 6.42. The summed E-state index contributed by atoms with van der Waals surface area (Å²) in [6.07, 6.45) is 0. The highest BCUT2D eigenvalue weighted by atomic mass is 32.2. The number of benzene rings is 2. The van der Waals surface area contributed by atoms with Gasteiger partial charge in [-0.3, -0.25) is 9.69 Å². The van der Waals surface area contributed by atoms with E-state index < -0.39 is 10.0 Å². The van der Waals surface area contributed by atoms with Gasteiger partial charge in [-0.05, 0) is 37.7 Å². The van der Waals surface area contributed by atoms with Gasteiger partial charge in [0.15, 0.2) is 0 Å². The van der Waals surface area contributed by atoms with E-state index in [-0.39, 0.29) is 16.8 Å². The molecule has 0 aliphatic carbocycles. The summed E-state index contributed by atoms with van der Waals surface area (Å²) >= 11 is 0. The quantitative estimate of drug-likeness (QED) is 0.716. The van der Waals surface area contributed by atoms with Gasteiger partial charge in [-0.15, -0.1) is 0 Å². The molecule has 7 nitrogen and oxygen atoms in total. The fourth-order valence-electron chi connectivity index (χ4n) is 3.24. The Morgan fingerprint density at radius 3 is 2.48 bits per heavy atom. The molecule has 29 heavy (non-hydrogen) atoms. The summed E-state index contributed by atoms with van der Waals surface area (Å²) in [5.41, 5.74) is 2.46. The van der Waals surface area contributed by atoms with Crippen molar-refractivity contribution in [3.63, 3.8) is 0 Å². The Balaban J connectivity index is 1.82. The van der Waals surface area contributed by atoms with Gasteiger partial charge in [0.05, 0.1) is 24.2 Å². The van der Waals surface area contributed by atoms with E-state index in [1.807, 2.05) is 31.2 Å². The summed E-state index contributed by atoms with van der Waals surface area (Å²) in [6, 6.07) is 13.9. The Labute approximate surface area is 172 Å². The number of hydrogen-bond acceptors (Lipinski definition) is 5. The molecule has 156 valence electrons. The molecule has 2 N–H and O–H groups in total. The first-order valence-corrected chi connectivity index (χ1v) is 11.1. The van der Waals surface area contributed by atoms with Crippen LogP contribution in [0.5, 0.6) is 0 Å². The van der Waals surface area contributed by atoms with E-state index in [0.29, 0.717) is 25.3 Å². The van der Waals surface area contributed by atoms with Crippen LogP contribution in [0.15, 0.2) is 53.4 Å². The van der Waals surface area contributed by atoms with Crippen LogP contribution in [0, 0.1) is 6.92 Å². The Kier molecular flexibility index (Phi) is 7.02. The second kappa shape index (κ2) is 9.49. The number of hydrogen-bond donors (Lipinski definition) is 2. The number of morpholine rings is 1. The van der Waals surface area contributed by atoms with Crippen molar-refractivity contribution < 1.29 is 17.9 Å². The molecule has 0 radical (unpaired) electrons. The number of aryl methyl sites for hydroxylation is 1. The summed E-state index contributed by atoms with van der Waals surface area (Å²) in [5.74, 6) is -0.308. The number of amides is 1. The molecule has 0 saturated carbocycles. The Hall–Kier alpha value is -2.26. The van der Waals surface area contributed by atoms with Crippen molar-refractivity contribution >= 4 is 15.9 Å². The number of carbonyl (C=O) groups excluding carboxylic acids is 1. The molecule has 1 aliphatic rings. The van der Waals surface area contributed by atoms with Crippen LogP contribution in [-0.2, 0) is 14.8 Å². The van der Waals surface area contributed by atoms with E-state index in [0.717, 1.165) is 24.2 Å². The molecule has 1 unspecified atom stereocenters. The number of nitrogens with one attached hydrogen (secondary N) is 2. The van der Waals surface area contributed by atoms with Crippen LogP contribution >= 0.6 is 0 Å². The van der Waals surface area contributed by atoms with Crippen LogP contribution in [0.4, 0.5) is 0 Å². The zero-order chi connectivity index (χ0) is 20.9. The standard InChI is InChI=1S/C21H27N3O4S/c1-16-6-8-17(9-7-16)20(15-24-10-12-28-13-11-24)23-21(25)18-4-3-5-19(14-18)29(26,27)22-2/h3-9,14,20,22H,10-13,15H2,1-2H3,(H,23,25). The van der Waals surface area contributed by atoms with Crippen LogP contribution < -0.4 is 10.0 Å². The van der Waals surface area contributed by atoms with E-state index >= 15 is 0 Å². The Bertz CT molecular complexity index is 939. The molecule has 1 atom stereocenters. The largest absolute Gasteiger partial charge is 0.379 e. The van der Waals surface area contributed by atoms with Gasteiger partial charge >= 0.3 is 0 Å². The van der Waals surface area contributed by atoms with E-state index in [1.54, 1.807) is 12.1 Å². The maximum absolute atomic E-state index is 12.9. The molecule has 0 aromatic heterocycles. The molecule has 8 heteroatoms. The van der Waals surface area contributed by atoms with Crippen molar-refractivity contribution in [2.24, 2.45) is 0 Å². The predicted molar refractivity (Wildman–Crippen MR) is 111 cm³/mol. The maximum atomic E-state index is 12.9. The normalized spacial score (nSPS) is 16.3. The third kappa shape index (κ3) is 5.63. The topological polar surface area (TPSA) is 87.7 Å². The van der Waals surface area contributed by atoms with E-state index in [2.05, 4.69) is 14.9 Å². The van der Waals surface area contributed by atoms with Crippen molar-refractivity contribution in [3.8, 4) is 0 Å². The van der Waals surface area contributed by atoms with Gasteiger partial charge in [-0.1, -0.05) is 35.9 Å². The zero-order valence-corrected chi connectivity index (χ0v) is 17.5. The molecule has 2 aromatic rings. The molecule has 2 aromatic carbocycles. The zero-order valence-electron chi connectivity index (χ0n) is 16.7. The van der Waals surface area contributed by atoms with Crippen LogP contribution in [0.1, 0.15) is 27.5 Å². The van der Waals surface area contributed by atoms with E-state index in [4.69, 9.17) is 4.74 Å². The number of sulfonamides is 1. The molecule has 1 amide bonds. The third-order valence-electron chi connectivity index (χ3n) is 5.00. The van der Waals surface area contributed by atoms with Crippen LogP contribution in [0.2, 0.25) is 0 Å². The number of nitrogens with zero attached hydrogens (tertiary/aromatic N) is 1. The van der Waals surface area contributed by atoms with Gasteiger partial charge in [0.2, 0.25) is 10.0 Å². The van der Waals surface area contributed by atoms with Crippen molar-refractivity contribution in [1.29, 1.82) is 0 Å². The minimum absolute atomic E-state index is 0.0627. The molecule has 1 saturated heterocycles. The lowest BCUT2D eigenvalue weighted by Crippen LogP contribution is -2.43. The number of rotatable bonds is 7. The fourth-order valence-corrected chi connectivity index (χ4v) is 4.01. The number of ether oxygens (including phenoxy) is 1. The first kappa shape index (κ1) is 21.4. The second-order valence-electron chi connectivity index (χ2n) is 7.09. The minimum Gasteiger partial charge on any atom is -0.379 e. The number of carbonyl (C=O) groups is 1. The van der Waals surface area contributed by atoms with Gasteiger partial charge < -0.3 is 10.1 Å². The smallest absolute Gasteiger partial charge is 0.251 e. The average molecular weight is 418 g/mol. The molecule has 1 heterocycles. The summed E-state index contributed by atoms with van der Waals surface area (Å²) in [5, 5.41) is 3.08. The van der Waals surface area contributed by atoms with Crippen molar-refractivity contribution in [2.45, 2.75) is 17.9 Å². The van der Waals surface area contributed by atoms with Gasteiger partial charge in [-0.25, -0.2) is 13.1 Å². The summed E-state index contributed by atoms with van der Waals surface area (Å²) in [6.45, 7) is 5.67. The van der Waals surface area contributed by atoms with Crippen LogP contribution in [-0.4, -0.2) is 59.1 Å². The van der Waals surface area contributed by atoms with Crippen molar-refractivity contribution in [1.82, 2.24) is 14.9 Å². The lowest BCUT2D eigenvalue weighted by molar-refractivity contribution is 0.0332. The van der Waals surface area contributed by atoms with Gasteiger partial charge in [0.25, 0.3) is 5.91 Å². The molecular weight excluding hydrogens is 390 g/mol. The van der Waals surface area contributed by atoms with Gasteiger partial charge in [0.1, 0.15) is 0 Å². The monoisotopic (exact) mass is 417 g/mol. The fraction of sp³-hybridized carbons (Fsp3) is 0.381. The summed E-state index contributed by atoms with van der Waals surface area (Å²) < 4.78 is 31.8. The van der Waals surface area contributed by atoms with Crippen LogP contribution in [0.25, 0.3) is 0 Å². The van der Waals surface area contributed by atoms with Crippen molar-refractivity contribution in [2.75, 3.05) is 39.9 Å². The average Bonchev–Trinajstić information content (AvgIpc) is 2.74. The molecule has 0 spiro atoms. The molecular formula is C21H27N3O4S. The van der Waals surface area contributed by atoms with E-state index in [1.165, 1.54) is 19.2 Å². The highest BCUT2D eigenvalue weighted by Crippen LogP contribution is 2.18. The van der Waals surface area contributed by atoms with Gasteiger partial charge in [0, 0.05) is 25.2 Å². The molecule has 3 rings (SSSR count). The molecule has 1 aliphatic heterocycles. The molecule has 1 fully saturated rings. The van der Waals surface area contributed by atoms with E-state index in [9.17, 15) is 13.2 Å². The highest BCUT2D eigenvalue weighted by molar-refractivity contribution is 7.89. The van der Waals surface area contributed by atoms with Gasteiger partial charge in [-0.2, -0.15) is 0 Å². The maximum Gasteiger partial charge on any atom is 0.251 e. The predicted octanol–water partition coefficient (Wildman–Crippen LogP) is 1.71.